The molecule has 84 valence electrons. The molecule has 0 saturated heterocycles. The summed E-state index contributed by atoms with van der Waals surface area (Å²) in [4.78, 5) is 2.14. The van der Waals surface area contributed by atoms with E-state index < -0.39 is 0 Å². The van der Waals surface area contributed by atoms with Crippen LogP contribution in [0.15, 0.2) is 24.3 Å². The zero-order valence-electron chi connectivity index (χ0n) is 10.7. The van der Waals surface area contributed by atoms with Crippen LogP contribution in [0.5, 0.6) is 0 Å². The van der Waals surface area contributed by atoms with E-state index in [1.54, 1.807) is 0 Å². The first-order chi connectivity index (χ1) is 6.82. The molecule has 15 heavy (non-hydrogen) atoms. The minimum atomic E-state index is -0.0669. The van der Waals surface area contributed by atoms with Crippen molar-refractivity contribution in [2.45, 2.75) is 25.9 Å². The Morgan fingerprint density at radius 2 is 1.47 bits per heavy atom. The summed E-state index contributed by atoms with van der Waals surface area (Å²) in [6, 6.07) is 8.96. The molecule has 0 N–H and O–H groups in total. The maximum absolute atomic E-state index is 2.36. The fraction of sp³-hybridized carbons (Fsp3) is 0.538. The number of nitrogens with zero attached hydrogens (tertiary/aromatic N) is 1. The van der Waals surface area contributed by atoms with Gasteiger partial charge in [0.15, 0.2) is 0 Å². The van der Waals surface area contributed by atoms with E-state index in [0.717, 1.165) is 0 Å². The maximum Gasteiger partial charge on any atom is 0.0361 e. The molecule has 0 saturated carbocycles. The van der Waals surface area contributed by atoms with Crippen molar-refractivity contribution < 1.29 is 0 Å². The molecule has 0 heterocycles. The lowest BCUT2D eigenvalue weighted by Crippen LogP contribution is -2.18. The van der Waals surface area contributed by atoms with Gasteiger partial charge in [-0.15, -0.1) is 0 Å². The van der Waals surface area contributed by atoms with E-state index in [0.29, 0.717) is 5.16 Å². The van der Waals surface area contributed by atoms with Gasteiger partial charge in [0.05, 0.1) is 0 Å². The normalized spacial score (nSPS) is 13.7. The monoisotopic (exact) mass is 223 g/mol. The van der Waals surface area contributed by atoms with Gasteiger partial charge in [-0.3, -0.25) is 0 Å². The maximum atomic E-state index is 2.36. The van der Waals surface area contributed by atoms with E-state index in [1.165, 1.54) is 11.0 Å². The molecular formula is C13H22NP. The standard InChI is InChI=1S/C13H22NP/c1-13(2,3)15(6)12-9-7-11(8-10-12)14(4)5/h7-10H,1-6H3. The number of hydrogen-bond donors (Lipinski definition) is 0. The zero-order chi connectivity index (χ0) is 11.6. The molecule has 1 aromatic carbocycles. The van der Waals surface area contributed by atoms with Gasteiger partial charge >= 0.3 is 0 Å². The number of benzene rings is 1. The summed E-state index contributed by atoms with van der Waals surface area (Å²) in [7, 11) is 4.09. The van der Waals surface area contributed by atoms with Gasteiger partial charge in [0.2, 0.25) is 0 Å². The Kier molecular flexibility index (Phi) is 3.78. The number of hydrogen-bond acceptors (Lipinski definition) is 1. The highest BCUT2D eigenvalue weighted by molar-refractivity contribution is 7.66. The second kappa shape index (κ2) is 4.53. The number of rotatable bonds is 2. The fourth-order valence-corrected chi connectivity index (χ4v) is 2.73. The second-order valence-electron chi connectivity index (χ2n) is 5.14. The van der Waals surface area contributed by atoms with E-state index in [4.69, 9.17) is 0 Å². The van der Waals surface area contributed by atoms with Crippen molar-refractivity contribution in [1.82, 2.24) is 0 Å². The molecule has 2 heteroatoms. The topological polar surface area (TPSA) is 3.24 Å². The Labute approximate surface area is 95.2 Å². The molecule has 1 rings (SSSR count). The molecule has 0 spiro atoms. The Morgan fingerprint density at radius 1 is 1.00 bits per heavy atom. The molecule has 0 fully saturated rings. The van der Waals surface area contributed by atoms with Crippen molar-refractivity contribution in [2.75, 3.05) is 25.7 Å². The van der Waals surface area contributed by atoms with Gasteiger partial charge in [0, 0.05) is 19.8 Å². The molecule has 1 unspecified atom stereocenters. The first kappa shape index (κ1) is 12.5. The third-order valence-corrected chi connectivity index (χ3v) is 5.84. The third kappa shape index (κ3) is 3.21. The fourth-order valence-electron chi connectivity index (χ4n) is 1.36. The SMILES string of the molecule is CN(C)c1ccc(P(C)C(C)(C)C)cc1. The molecule has 0 aromatic heterocycles. The highest BCUT2D eigenvalue weighted by Crippen LogP contribution is 2.44. The van der Waals surface area contributed by atoms with E-state index >= 15 is 0 Å². The third-order valence-electron chi connectivity index (χ3n) is 2.76. The molecule has 1 nitrogen and oxygen atoms in total. The average Bonchev–Trinajstić information content (AvgIpc) is 2.15. The van der Waals surface area contributed by atoms with Crippen LogP contribution in [0.25, 0.3) is 0 Å². The quantitative estimate of drug-likeness (QED) is 0.695. The summed E-state index contributed by atoms with van der Waals surface area (Å²) < 4.78 is 0. The van der Waals surface area contributed by atoms with Crippen LogP contribution in [-0.2, 0) is 0 Å². The smallest absolute Gasteiger partial charge is 0.0361 e. The predicted molar refractivity (Wildman–Crippen MR) is 73.0 cm³/mol. The minimum Gasteiger partial charge on any atom is -0.378 e. The van der Waals surface area contributed by atoms with Gasteiger partial charge in [-0.2, -0.15) is 0 Å². The van der Waals surface area contributed by atoms with Gasteiger partial charge in [-0.1, -0.05) is 40.8 Å². The van der Waals surface area contributed by atoms with Crippen molar-refractivity contribution >= 4 is 18.9 Å². The van der Waals surface area contributed by atoms with E-state index in [2.05, 4.69) is 70.7 Å². The summed E-state index contributed by atoms with van der Waals surface area (Å²) in [5, 5.41) is 1.89. The van der Waals surface area contributed by atoms with Crippen LogP contribution in [0.1, 0.15) is 20.8 Å². The molecule has 1 aromatic rings. The van der Waals surface area contributed by atoms with Crippen LogP contribution in [0, 0.1) is 0 Å². The van der Waals surface area contributed by atoms with Crippen LogP contribution >= 0.6 is 7.92 Å². The van der Waals surface area contributed by atoms with Gasteiger partial charge in [0.1, 0.15) is 0 Å². The van der Waals surface area contributed by atoms with Crippen molar-refractivity contribution in [3.63, 3.8) is 0 Å². The van der Waals surface area contributed by atoms with Crippen LogP contribution in [-0.4, -0.2) is 25.9 Å². The van der Waals surface area contributed by atoms with Crippen LogP contribution in [0.3, 0.4) is 0 Å². The largest absolute Gasteiger partial charge is 0.378 e. The number of anilines is 1. The zero-order valence-corrected chi connectivity index (χ0v) is 11.6. The molecule has 0 aliphatic carbocycles. The minimum absolute atomic E-state index is 0.0669. The summed E-state index contributed by atoms with van der Waals surface area (Å²) >= 11 is 0. The van der Waals surface area contributed by atoms with Gasteiger partial charge < -0.3 is 4.90 Å². The molecule has 0 aliphatic heterocycles. The predicted octanol–water partition coefficient (Wildman–Crippen LogP) is 3.29. The second-order valence-corrected chi connectivity index (χ2v) is 8.12. The van der Waals surface area contributed by atoms with E-state index in [1.807, 2.05) is 0 Å². The van der Waals surface area contributed by atoms with Crippen molar-refractivity contribution in [3.05, 3.63) is 24.3 Å². The summed E-state index contributed by atoms with van der Waals surface area (Å²) in [6.07, 6.45) is 0. The molecule has 0 amide bonds. The molecule has 1 atom stereocenters. The van der Waals surface area contributed by atoms with E-state index in [9.17, 15) is 0 Å². The van der Waals surface area contributed by atoms with Crippen LogP contribution in [0.2, 0.25) is 0 Å². The van der Waals surface area contributed by atoms with E-state index in [-0.39, 0.29) is 7.92 Å². The highest BCUT2D eigenvalue weighted by atomic mass is 31.1. The Bertz CT molecular complexity index is 308. The average molecular weight is 223 g/mol. The lowest BCUT2D eigenvalue weighted by atomic mass is 10.3. The van der Waals surface area contributed by atoms with Gasteiger partial charge in [-0.25, -0.2) is 0 Å². The Hall–Kier alpha value is -0.550. The first-order valence-electron chi connectivity index (χ1n) is 5.33. The molecule has 0 bridgehead atoms. The lowest BCUT2D eigenvalue weighted by Gasteiger charge is -2.28. The van der Waals surface area contributed by atoms with Crippen molar-refractivity contribution in [3.8, 4) is 0 Å². The van der Waals surface area contributed by atoms with Gasteiger partial charge in [0.25, 0.3) is 0 Å². The summed E-state index contributed by atoms with van der Waals surface area (Å²) in [5.41, 5.74) is 1.27. The highest BCUT2D eigenvalue weighted by Gasteiger charge is 2.20. The lowest BCUT2D eigenvalue weighted by molar-refractivity contribution is 0.791. The first-order valence-corrected chi connectivity index (χ1v) is 7.12. The summed E-state index contributed by atoms with van der Waals surface area (Å²) in [5.74, 6) is 0. The van der Waals surface area contributed by atoms with Crippen molar-refractivity contribution in [2.24, 2.45) is 0 Å². The molecular weight excluding hydrogens is 201 g/mol. The molecule has 0 aliphatic rings. The Morgan fingerprint density at radius 3 is 1.80 bits per heavy atom. The van der Waals surface area contributed by atoms with Gasteiger partial charge in [-0.05, 0) is 29.3 Å². The van der Waals surface area contributed by atoms with Crippen LogP contribution in [0.4, 0.5) is 5.69 Å². The van der Waals surface area contributed by atoms with Crippen molar-refractivity contribution in [1.29, 1.82) is 0 Å². The molecule has 0 radical (unpaired) electrons. The van der Waals surface area contributed by atoms with Crippen LogP contribution < -0.4 is 10.2 Å². The summed E-state index contributed by atoms with van der Waals surface area (Å²) in [6.45, 7) is 9.32. The Balaban J connectivity index is 2.89.